The molecule has 0 saturated carbocycles. The molecule has 0 aliphatic carbocycles. The van der Waals surface area contributed by atoms with Crippen molar-refractivity contribution in [2.45, 2.75) is 26.1 Å². The predicted octanol–water partition coefficient (Wildman–Crippen LogP) is 1.90. The second kappa shape index (κ2) is 7.95. The summed E-state index contributed by atoms with van der Waals surface area (Å²) in [6.07, 6.45) is 0. The number of aliphatic carboxylic acids is 1. The number of carbonyl (C=O) groups is 1. The van der Waals surface area contributed by atoms with Gasteiger partial charge in [-0.15, -0.1) is 0 Å². The first-order valence-corrected chi connectivity index (χ1v) is 7.66. The average Bonchev–Trinajstić information content (AvgIpc) is 3.28. The number of rotatable bonds is 5. The molecule has 2 aromatic carbocycles. The van der Waals surface area contributed by atoms with Gasteiger partial charge >= 0.3 is 0 Å². The number of carboxylic acid groups (broad SMARTS) is 1. The van der Waals surface area contributed by atoms with Crippen LogP contribution in [0, 0.1) is 6.92 Å². The smallest absolute Gasteiger partial charge is 0.143 e. The van der Waals surface area contributed by atoms with Gasteiger partial charge in [0.15, 0.2) is 0 Å². The molecule has 3 rings (SSSR count). The topological polar surface area (TPSA) is 82.1 Å². The first-order chi connectivity index (χ1) is 11.4. The van der Waals surface area contributed by atoms with Gasteiger partial charge in [-0.2, -0.15) is 0 Å². The monoisotopic (exact) mass is 329 g/mol. The molecule has 128 valence electrons. The van der Waals surface area contributed by atoms with E-state index in [1.807, 2.05) is 49.4 Å². The average molecular weight is 329 g/mol. The third kappa shape index (κ3) is 5.08. The summed E-state index contributed by atoms with van der Waals surface area (Å²) < 4.78 is 11.3. The van der Waals surface area contributed by atoms with Crippen LogP contribution in [0.25, 0.3) is 0 Å². The van der Waals surface area contributed by atoms with E-state index < -0.39 is 11.6 Å². The number of phenolic OH excluding ortho intramolecular Hbond substituents is 1. The van der Waals surface area contributed by atoms with Gasteiger partial charge < -0.3 is 24.5 Å². The number of phenols is 1. The number of hydrogen-bond acceptors (Lipinski definition) is 5. The Hall–Kier alpha value is -2.37. The minimum absolute atomic E-state index is 0.283. The minimum Gasteiger partial charge on any atom is -0.550 e. The predicted molar refractivity (Wildman–Crippen MR) is 87.3 cm³/mol. The van der Waals surface area contributed by atoms with Gasteiger partial charge in [0.2, 0.25) is 0 Å². The molecule has 2 aromatic rings. The number of aromatic hydroxyl groups is 1. The first kappa shape index (κ1) is 18.0. The van der Waals surface area contributed by atoms with Crippen LogP contribution in [0.4, 0.5) is 0 Å². The third-order valence-electron chi connectivity index (χ3n) is 3.58. The third-order valence-corrected chi connectivity index (χ3v) is 3.58. The molecule has 1 aliphatic rings. The van der Waals surface area contributed by atoms with Gasteiger partial charge in [-0.25, -0.2) is 0 Å². The minimum atomic E-state index is -1.08. The van der Waals surface area contributed by atoms with E-state index in [0.717, 1.165) is 23.6 Å². The highest BCUT2D eigenvalue weighted by Gasteiger charge is 2.48. The van der Waals surface area contributed by atoms with Crippen LogP contribution in [0.1, 0.15) is 23.6 Å². The van der Waals surface area contributed by atoms with Crippen molar-refractivity contribution in [3.05, 3.63) is 65.2 Å². The fourth-order valence-electron chi connectivity index (χ4n) is 2.34. The number of benzene rings is 2. The van der Waals surface area contributed by atoms with E-state index in [1.54, 1.807) is 6.07 Å². The van der Waals surface area contributed by atoms with Gasteiger partial charge in [0.25, 0.3) is 0 Å². The summed E-state index contributed by atoms with van der Waals surface area (Å²) in [5, 5.41) is 18.9. The number of carbonyl (C=O) groups excluding carboxylic acids is 1. The van der Waals surface area contributed by atoms with Crippen LogP contribution in [0.3, 0.4) is 0 Å². The second-order valence-electron chi connectivity index (χ2n) is 5.77. The number of ether oxygens (including phenoxy) is 2. The molecule has 1 aliphatic heterocycles. The van der Waals surface area contributed by atoms with E-state index in [1.165, 1.54) is 0 Å². The van der Waals surface area contributed by atoms with Crippen molar-refractivity contribution in [2.24, 2.45) is 0 Å². The zero-order chi connectivity index (χ0) is 17.6. The van der Waals surface area contributed by atoms with Crippen molar-refractivity contribution in [3.8, 4) is 5.75 Å². The van der Waals surface area contributed by atoms with Crippen LogP contribution >= 0.6 is 0 Å². The lowest BCUT2D eigenvalue weighted by Gasteiger charge is -2.15. The molecule has 1 N–H and O–H groups in total. The summed E-state index contributed by atoms with van der Waals surface area (Å²) in [6.45, 7) is 4.53. The number of aryl methyl sites for hydroxylation is 1. The van der Waals surface area contributed by atoms with E-state index in [4.69, 9.17) is 19.4 Å². The Balaban J connectivity index is 0.000000471. The lowest BCUT2D eigenvalue weighted by atomic mass is 9.98. The Morgan fingerprint density at radius 2 is 1.92 bits per heavy atom. The fourth-order valence-corrected chi connectivity index (χ4v) is 2.34. The number of epoxide rings is 1. The normalized spacial score (nSPS) is 18.4. The standard InChI is InChI=1S/C17H18O3.C2H4O2/c1-13-7-8-15(16(18)9-13)17(12-20-17)11-19-10-14-5-3-2-4-6-14;1-2(3)4/h2-9,18H,10-12H2,1H3;1H3,(H,3,4)/p-1. The fraction of sp³-hybridized carbons (Fsp3) is 0.316. The van der Waals surface area contributed by atoms with Gasteiger partial charge in [-0.1, -0.05) is 42.5 Å². The maximum absolute atomic E-state index is 10.0. The first-order valence-electron chi connectivity index (χ1n) is 7.66. The van der Waals surface area contributed by atoms with Crippen LogP contribution in [-0.2, 0) is 26.5 Å². The summed E-state index contributed by atoms with van der Waals surface area (Å²) in [4.78, 5) is 8.89. The SMILES string of the molecule is CC(=O)[O-].Cc1ccc(C2(COCc3ccccc3)CO2)c(O)c1. The molecule has 1 heterocycles. The molecule has 5 nitrogen and oxygen atoms in total. The molecular weight excluding hydrogens is 308 g/mol. The Labute approximate surface area is 141 Å². The van der Waals surface area contributed by atoms with Crippen molar-refractivity contribution in [3.63, 3.8) is 0 Å². The van der Waals surface area contributed by atoms with Crippen molar-refractivity contribution in [1.29, 1.82) is 0 Å². The molecule has 0 aromatic heterocycles. The summed E-state index contributed by atoms with van der Waals surface area (Å²) in [7, 11) is 0. The molecular formula is C19H21O5-. The Kier molecular flexibility index (Phi) is 5.95. The zero-order valence-electron chi connectivity index (χ0n) is 13.8. The quantitative estimate of drug-likeness (QED) is 0.847. The number of carboxylic acids is 1. The molecule has 0 bridgehead atoms. The Bertz CT molecular complexity index is 673. The van der Waals surface area contributed by atoms with Gasteiger partial charge in [0.1, 0.15) is 11.4 Å². The Morgan fingerprint density at radius 3 is 2.46 bits per heavy atom. The summed E-state index contributed by atoms with van der Waals surface area (Å²) >= 11 is 0. The van der Waals surface area contributed by atoms with E-state index in [0.29, 0.717) is 19.8 Å². The Morgan fingerprint density at radius 1 is 1.29 bits per heavy atom. The molecule has 0 radical (unpaired) electrons. The van der Waals surface area contributed by atoms with Crippen LogP contribution < -0.4 is 5.11 Å². The summed E-state index contributed by atoms with van der Waals surface area (Å²) in [5.74, 6) is -0.800. The van der Waals surface area contributed by atoms with E-state index in [9.17, 15) is 5.11 Å². The molecule has 1 fully saturated rings. The molecule has 0 spiro atoms. The van der Waals surface area contributed by atoms with Gasteiger partial charge in [-0.05, 0) is 31.0 Å². The van der Waals surface area contributed by atoms with Crippen molar-refractivity contribution in [2.75, 3.05) is 13.2 Å². The second-order valence-corrected chi connectivity index (χ2v) is 5.77. The van der Waals surface area contributed by atoms with Gasteiger partial charge in [0.05, 0.1) is 19.8 Å². The molecule has 0 amide bonds. The highest BCUT2D eigenvalue weighted by molar-refractivity contribution is 5.60. The summed E-state index contributed by atoms with van der Waals surface area (Å²) in [5.41, 5.74) is 2.52. The van der Waals surface area contributed by atoms with Crippen LogP contribution in [0.15, 0.2) is 48.5 Å². The highest BCUT2D eigenvalue weighted by Crippen LogP contribution is 2.43. The zero-order valence-corrected chi connectivity index (χ0v) is 13.8. The highest BCUT2D eigenvalue weighted by atomic mass is 16.6. The van der Waals surface area contributed by atoms with Crippen LogP contribution in [0.5, 0.6) is 5.75 Å². The van der Waals surface area contributed by atoms with Gasteiger partial charge in [0, 0.05) is 11.5 Å². The lowest BCUT2D eigenvalue weighted by Crippen LogP contribution is -2.17. The molecule has 24 heavy (non-hydrogen) atoms. The maximum Gasteiger partial charge on any atom is 0.143 e. The molecule has 1 atom stereocenters. The van der Waals surface area contributed by atoms with Crippen molar-refractivity contribution < 1.29 is 24.5 Å². The van der Waals surface area contributed by atoms with Crippen LogP contribution in [0.2, 0.25) is 0 Å². The van der Waals surface area contributed by atoms with E-state index >= 15 is 0 Å². The lowest BCUT2D eigenvalue weighted by molar-refractivity contribution is -0.302. The molecule has 5 heteroatoms. The largest absolute Gasteiger partial charge is 0.550 e. The van der Waals surface area contributed by atoms with E-state index in [-0.39, 0.29) is 5.75 Å². The van der Waals surface area contributed by atoms with Crippen LogP contribution in [-0.4, -0.2) is 24.3 Å². The van der Waals surface area contributed by atoms with E-state index in [2.05, 4.69) is 0 Å². The molecule has 1 unspecified atom stereocenters. The van der Waals surface area contributed by atoms with Crippen molar-refractivity contribution in [1.82, 2.24) is 0 Å². The number of hydrogen-bond donors (Lipinski definition) is 1. The summed E-state index contributed by atoms with van der Waals surface area (Å²) in [6, 6.07) is 15.7. The maximum atomic E-state index is 10.0. The molecule has 1 saturated heterocycles. The van der Waals surface area contributed by atoms with Crippen molar-refractivity contribution >= 4 is 5.97 Å². The van der Waals surface area contributed by atoms with Gasteiger partial charge in [-0.3, -0.25) is 0 Å².